The summed E-state index contributed by atoms with van der Waals surface area (Å²) >= 11 is 3.15. The number of hydrogen-bond donors (Lipinski definition) is 2. The predicted molar refractivity (Wildman–Crippen MR) is 55.6 cm³/mol. The molecule has 0 aliphatic rings. The summed E-state index contributed by atoms with van der Waals surface area (Å²) in [6.45, 7) is 4.23. The summed E-state index contributed by atoms with van der Waals surface area (Å²) in [5.74, 6) is -0.125. The lowest BCUT2D eigenvalue weighted by molar-refractivity contribution is 0.0689. The van der Waals surface area contributed by atoms with Crippen LogP contribution in [0.15, 0.2) is 4.47 Å². The second kappa shape index (κ2) is 4.36. The lowest BCUT2D eigenvalue weighted by Gasteiger charge is -2.07. The second-order valence-corrected chi connectivity index (χ2v) is 3.41. The lowest BCUT2D eigenvalue weighted by Crippen LogP contribution is -2.09. The van der Waals surface area contributed by atoms with E-state index in [1.54, 1.807) is 6.92 Å². The van der Waals surface area contributed by atoms with Crippen molar-refractivity contribution in [2.24, 2.45) is 0 Å². The van der Waals surface area contributed by atoms with Gasteiger partial charge in [-0.3, -0.25) is 0 Å². The summed E-state index contributed by atoms with van der Waals surface area (Å²) in [6, 6.07) is 0. The molecule has 1 aromatic rings. The number of hydrogen-bond acceptors (Lipinski definition) is 4. The Morgan fingerprint density at radius 1 is 1.57 bits per heavy atom. The molecule has 1 aromatic heterocycles. The molecule has 2 N–H and O–H groups in total. The van der Waals surface area contributed by atoms with Crippen molar-refractivity contribution in [1.82, 2.24) is 9.97 Å². The number of carboxylic acids is 1. The summed E-state index contributed by atoms with van der Waals surface area (Å²) in [5, 5.41) is 11.8. The third-order valence-electron chi connectivity index (χ3n) is 1.51. The molecule has 0 aliphatic carbocycles. The molecule has 14 heavy (non-hydrogen) atoms. The van der Waals surface area contributed by atoms with E-state index in [0.717, 1.165) is 0 Å². The molecule has 0 saturated carbocycles. The highest BCUT2D eigenvalue weighted by atomic mass is 79.9. The van der Waals surface area contributed by atoms with Crippen LogP contribution in [0.4, 0.5) is 5.82 Å². The molecule has 0 bridgehead atoms. The number of carboxylic acid groups (broad SMARTS) is 1. The van der Waals surface area contributed by atoms with Gasteiger partial charge in [0, 0.05) is 6.54 Å². The Kier molecular flexibility index (Phi) is 3.40. The van der Waals surface area contributed by atoms with Gasteiger partial charge in [-0.1, -0.05) is 0 Å². The molecule has 0 amide bonds. The Bertz CT molecular complexity index is 368. The van der Waals surface area contributed by atoms with Gasteiger partial charge in [0.05, 0.1) is 4.47 Å². The maximum atomic E-state index is 10.8. The summed E-state index contributed by atoms with van der Waals surface area (Å²) in [4.78, 5) is 18.7. The number of nitrogens with one attached hydrogen (secondary N) is 1. The molecule has 0 aromatic carbocycles. The van der Waals surface area contributed by atoms with Gasteiger partial charge in [0.25, 0.3) is 0 Å². The highest BCUT2D eigenvalue weighted by Gasteiger charge is 2.15. The second-order valence-electron chi connectivity index (χ2n) is 2.62. The minimum atomic E-state index is -1.07. The number of aryl methyl sites for hydroxylation is 1. The first-order valence-electron chi connectivity index (χ1n) is 4.07. The molecular weight excluding hydrogens is 250 g/mol. The van der Waals surface area contributed by atoms with Crippen molar-refractivity contribution in [2.75, 3.05) is 11.9 Å². The maximum absolute atomic E-state index is 10.8. The normalized spacial score (nSPS) is 9.93. The number of carbonyl (C=O) groups is 1. The molecule has 0 saturated heterocycles. The zero-order valence-electron chi connectivity index (χ0n) is 7.83. The van der Waals surface area contributed by atoms with E-state index in [1.165, 1.54) is 0 Å². The standard InChI is InChI=1S/C8H10BrN3O2/c1-3-10-7-5(9)6(8(13)14)11-4(2)12-7/h3H2,1-2H3,(H,13,14)(H,10,11,12). The minimum Gasteiger partial charge on any atom is -0.476 e. The van der Waals surface area contributed by atoms with E-state index in [-0.39, 0.29) is 5.69 Å². The van der Waals surface area contributed by atoms with E-state index in [9.17, 15) is 4.79 Å². The van der Waals surface area contributed by atoms with Crippen LogP contribution in [0, 0.1) is 6.92 Å². The predicted octanol–water partition coefficient (Wildman–Crippen LogP) is 1.68. The molecule has 0 radical (unpaired) electrons. The topological polar surface area (TPSA) is 75.1 Å². The highest BCUT2D eigenvalue weighted by molar-refractivity contribution is 9.10. The van der Waals surface area contributed by atoms with Gasteiger partial charge >= 0.3 is 5.97 Å². The van der Waals surface area contributed by atoms with Crippen LogP contribution in [-0.4, -0.2) is 27.6 Å². The van der Waals surface area contributed by atoms with Gasteiger partial charge in [0.1, 0.15) is 11.6 Å². The third kappa shape index (κ3) is 2.20. The van der Waals surface area contributed by atoms with Crippen LogP contribution in [0.3, 0.4) is 0 Å². The molecule has 0 aliphatic heterocycles. The van der Waals surface area contributed by atoms with Crippen LogP contribution in [-0.2, 0) is 0 Å². The van der Waals surface area contributed by atoms with Crippen molar-refractivity contribution >= 4 is 27.7 Å². The van der Waals surface area contributed by atoms with Crippen LogP contribution < -0.4 is 5.32 Å². The number of aromatic nitrogens is 2. The Balaban J connectivity index is 3.24. The van der Waals surface area contributed by atoms with Gasteiger partial charge in [-0.05, 0) is 29.8 Å². The van der Waals surface area contributed by atoms with Gasteiger partial charge < -0.3 is 10.4 Å². The summed E-state index contributed by atoms with van der Waals surface area (Å²) in [5.41, 5.74) is -0.0200. The van der Waals surface area contributed by atoms with Crippen molar-refractivity contribution in [3.05, 3.63) is 16.0 Å². The van der Waals surface area contributed by atoms with Crippen molar-refractivity contribution in [3.8, 4) is 0 Å². The molecule has 0 spiro atoms. The Morgan fingerprint density at radius 2 is 2.21 bits per heavy atom. The average Bonchev–Trinajstić information content (AvgIpc) is 2.10. The molecular formula is C8H10BrN3O2. The van der Waals surface area contributed by atoms with Gasteiger partial charge in [-0.25, -0.2) is 14.8 Å². The van der Waals surface area contributed by atoms with E-state index in [4.69, 9.17) is 5.11 Å². The third-order valence-corrected chi connectivity index (χ3v) is 2.26. The van der Waals surface area contributed by atoms with E-state index in [2.05, 4.69) is 31.2 Å². The van der Waals surface area contributed by atoms with E-state index < -0.39 is 5.97 Å². The molecule has 0 fully saturated rings. The van der Waals surface area contributed by atoms with Gasteiger partial charge in [0.2, 0.25) is 0 Å². The van der Waals surface area contributed by atoms with Gasteiger partial charge in [-0.15, -0.1) is 0 Å². The molecule has 1 heterocycles. The van der Waals surface area contributed by atoms with Crippen molar-refractivity contribution in [3.63, 3.8) is 0 Å². The molecule has 76 valence electrons. The molecule has 0 unspecified atom stereocenters. The van der Waals surface area contributed by atoms with Crippen LogP contribution >= 0.6 is 15.9 Å². The number of halogens is 1. The first-order valence-corrected chi connectivity index (χ1v) is 4.86. The lowest BCUT2D eigenvalue weighted by atomic mass is 10.4. The largest absolute Gasteiger partial charge is 0.476 e. The molecule has 6 heteroatoms. The first kappa shape index (κ1) is 10.9. The fourth-order valence-electron chi connectivity index (χ4n) is 0.985. The van der Waals surface area contributed by atoms with E-state index in [0.29, 0.717) is 22.7 Å². The van der Waals surface area contributed by atoms with Crippen molar-refractivity contribution in [1.29, 1.82) is 0 Å². The SMILES string of the molecule is CCNc1nc(C)nc(C(=O)O)c1Br. The highest BCUT2D eigenvalue weighted by Crippen LogP contribution is 2.23. The van der Waals surface area contributed by atoms with Gasteiger partial charge in [0.15, 0.2) is 5.69 Å². The summed E-state index contributed by atoms with van der Waals surface area (Å²) < 4.78 is 0.387. The van der Waals surface area contributed by atoms with Crippen molar-refractivity contribution < 1.29 is 9.90 Å². The van der Waals surface area contributed by atoms with Crippen molar-refractivity contribution in [2.45, 2.75) is 13.8 Å². The van der Waals surface area contributed by atoms with E-state index >= 15 is 0 Å². The van der Waals surface area contributed by atoms with E-state index in [1.807, 2.05) is 6.92 Å². The first-order chi connectivity index (χ1) is 6.56. The molecule has 5 nitrogen and oxygen atoms in total. The van der Waals surface area contributed by atoms with Crippen LogP contribution in [0.1, 0.15) is 23.2 Å². The Hall–Kier alpha value is -1.17. The minimum absolute atomic E-state index is 0.0200. The Morgan fingerprint density at radius 3 is 2.71 bits per heavy atom. The number of aromatic carboxylic acids is 1. The number of rotatable bonds is 3. The fraction of sp³-hybridized carbons (Fsp3) is 0.375. The number of nitrogens with zero attached hydrogens (tertiary/aromatic N) is 2. The average molecular weight is 260 g/mol. The summed E-state index contributed by atoms with van der Waals surface area (Å²) in [7, 11) is 0. The smallest absolute Gasteiger partial charge is 0.355 e. The Labute approximate surface area is 89.7 Å². The number of anilines is 1. The monoisotopic (exact) mass is 259 g/mol. The zero-order valence-corrected chi connectivity index (χ0v) is 9.42. The fourth-order valence-corrected chi connectivity index (χ4v) is 1.47. The van der Waals surface area contributed by atoms with Crippen LogP contribution in [0.2, 0.25) is 0 Å². The van der Waals surface area contributed by atoms with Crippen LogP contribution in [0.25, 0.3) is 0 Å². The van der Waals surface area contributed by atoms with Crippen LogP contribution in [0.5, 0.6) is 0 Å². The summed E-state index contributed by atoms with van der Waals surface area (Å²) in [6.07, 6.45) is 0. The van der Waals surface area contributed by atoms with Gasteiger partial charge in [-0.2, -0.15) is 0 Å². The zero-order chi connectivity index (χ0) is 10.7. The maximum Gasteiger partial charge on any atom is 0.355 e. The molecule has 1 rings (SSSR count). The molecule has 0 atom stereocenters. The quantitative estimate of drug-likeness (QED) is 0.864.